The lowest BCUT2D eigenvalue weighted by Gasteiger charge is -2.29. The Bertz CT molecular complexity index is 464. The van der Waals surface area contributed by atoms with E-state index in [9.17, 15) is 9.18 Å². The Balaban J connectivity index is 2.06. The zero-order valence-corrected chi connectivity index (χ0v) is 10.9. The van der Waals surface area contributed by atoms with Gasteiger partial charge < -0.3 is 15.2 Å². The van der Waals surface area contributed by atoms with Crippen LogP contribution in [0.25, 0.3) is 0 Å². The molecule has 4 nitrogen and oxygen atoms in total. The highest BCUT2D eigenvalue weighted by Gasteiger charge is 2.22. The number of rotatable bonds is 4. The second kappa shape index (κ2) is 6.02. The molecule has 2 unspecified atom stereocenters. The molecule has 0 bridgehead atoms. The minimum atomic E-state index is -1.25. The van der Waals surface area contributed by atoms with Crippen molar-refractivity contribution in [1.82, 2.24) is 0 Å². The number of halogens is 1. The molecule has 0 amide bonds. The van der Waals surface area contributed by atoms with E-state index in [-0.39, 0.29) is 17.7 Å². The van der Waals surface area contributed by atoms with Gasteiger partial charge in [0.2, 0.25) is 0 Å². The standard InChI is InChI=1S/C14H18FNO3/c1-19-11-4-2-3-9(7-11)16-10-5-6-13(15)12(8-10)14(17)18/h5-6,8-9,11,16H,2-4,7H2,1H3,(H,17,18). The summed E-state index contributed by atoms with van der Waals surface area (Å²) in [6, 6.07) is 4.33. The van der Waals surface area contributed by atoms with Gasteiger partial charge in [0, 0.05) is 18.8 Å². The number of methoxy groups -OCH3 is 1. The van der Waals surface area contributed by atoms with Crippen LogP contribution in [0.5, 0.6) is 0 Å². The van der Waals surface area contributed by atoms with Crippen LogP contribution in [0.3, 0.4) is 0 Å². The molecule has 2 atom stereocenters. The molecule has 5 heteroatoms. The summed E-state index contributed by atoms with van der Waals surface area (Å²) >= 11 is 0. The Kier molecular flexibility index (Phi) is 4.37. The summed E-state index contributed by atoms with van der Waals surface area (Å²) in [5.41, 5.74) is 0.338. The molecule has 1 aliphatic rings. The first kappa shape index (κ1) is 13.8. The van der Waals surface area contributed by atoms with Crippen molar-refractivity contribution < 1.29 is 19.0 Å². The van der Waals surface area contributed by atoms with Crippen LogP contribution < -0.4 is 5.32 Å². The maximum atomic E-state index is 13.3. The van der Waals surface area contributed by atoms with E-state index >= 15 is 0 Å². The lowest BCUT2D eigenvalue weighted by molar-refractivity contribution is 0.0667. The summed E-state index contributed by atoms with van der Waals surface area (Å²) in [5, 5.41) is 12.1. The average molecular weight is 267 g/mol. The van der Waals surface area contributed by atoms with Crippen molar-refractivity contribution in [1.29, 1.82) is 0 Å². The molecule has 1 fully saturated rings. The number of carboxylic acid groups (broad SMARTS) is 1. The van der Waals surface area contributed by atoms with Gasteiger partial charge in [0.05, 0.1) is 11.7 Å². The van der Waals surface area contributed by atoms with E-state index in [1.807, 2.05) is 0 Å². The van der Waals surface area contributed by atoms with E-state index in [1.54, 1.807) is 13.2 Å². The molecule has 0 saturated heterocycles. The summed E-state index contributed by atoms with van der Waals surface area (Å²) in [4.78, 5) is 10.9. The molecule has 1 aromatic carbocycles. The summed E-state index contributed by atoms with van der Waals surface area (Å²) in [6.07, 6.45) is 4.27. The Labute approximate surface area is 111 Å². The molecule has 1 aromatic rings. The first-order valence-corrected chi connectivity index (χ1v) is 6.42. The monoisotopic (exact) mass is 267 g/mol. The maximum Gasteiger partial charge on any atom is 0.338 e. The molecule has 1 saturated carbocycles. The fraction of sp³-hybridized carbons (Fsp3) is 0.500. The smallest absolute Gasteiger partial charge is 0.338 e. The van der Waals surface area contributed by atoms with Gasteiger partial charge in [0.1, 0.15) is 5.82 Å². The van der Waals surface area contributed by atoms with Crippen molar-refractivity contribution in [3.8, 4) is 0 Å². The molecule has 19 heavy (non-hydrogen) atoms. The van der Waals surface area contributed by atoms with Crippen molar-refractivity contribution in [2.75, 3.05) is 12.4 Å². The number of benzene rings is 1. The predicted molar refractivity (Wildman–Crippen MR) is 70.0 cm³/mol. The highest BCUT2D eigenvalue weighted by molar-refractivity contribution is 5.89. The first-order valence-electron chi connectivity index (χ1n) is 6.42. The van der Waals surface area contributed by atoms with E-state index < -0.39 is 11.8 Å². The number of aromatic carboxylic acids is 1. The van der Waals surface area contributed by atoms with Gasteiger partial charge >= 0.3 is 5.97 Å². The number of carbonyl (C=O) groups is 1. The number of hydrogen-bond acceptors (Lipinski definition) is 3. The van der Waals surface area contributed by atoms with Crippen molar-refractivity contribution in [3.63, 3.8) is 0 Å². The number of hydrogen-bond donors (Lipinski definition) is 2. The lowest BCUT2D eigenvalue weighted by atomic mass is 9.92. The first-order chi connectivity index (χ1) is 9.10. The van der Waals surface area contributed by atoms with Gasteiger partial charge in [-0.1, -0.05) is 0 Å². The fourth-order valence-corrected chi connectivity index (χ4v) is 2.50. The van der Waals surface area contributed by atoms with Gasteiger partial charge in [-0.15, -0.1) is 0 Å². The zero-order chi connectivity index (χ0) is 13.8. The van der Waals surface area contributed by atoms with Gasteiger partial charge in [0.25, 0.3) is 0 Å². The zero-order valence-electron chi connectivity index (χ0n) is 10.9. The van der Waals surface area contributed by atoms with E-state index in [0.29, 0.717) is 5.69 Å². The topological polar surface area (TPSA) is 58.6 Å². The van der Waals surface area contributed by atoms with E-state index in [4.69, 9.17) is 9.84 Å². The second-order valence-electron chi connectivity index (χ2n) is 4.87. The third kappa shape index (κ3) is 3.44. The van der Waals surface area contributed by atoms with Crippen LogP contribution in [0.4, 0.5) is 10.1 Å². The summed E-state index contributed by atoms with van der Waals surface area (Å²) < 4.78 is 18.6. The average Bonchev–Trinajstić information content (AvgIpc) is 2.41. The van der Waals surface area contributed by atoms with Crippen LogP contribution in [-0.2, 0) is 4.74 Å². The number of anilines is 1. The van der Waals surface area contributed by atoms with Gasteiger partial charge in [-0.05, 0) is 43.9 Å². The van der Waals surface area contributed by atoms with E-state index in [0.717, 1.165) is 25.7 Å². The van der Waals surface area contributed by atoms with Crippen LogP contribution in [0, 0.1) is 5.82 Å². The van der Waals surface area contributed by atoms with Crippen molar-refractivity contribution in [2.45, 2.75) is 37.8 Å². The summed E-state index contributed by atoms with van der Waals surface area (Å²) in [7, 11) is 1.70. The van der Waals surface area contributed by atoms with Crippen molar-refractivity contribution in [3.05, 3.63) is 29.6 Å². The SMILES string of the molecule is COC1CCCC(Nc2ccc(F)c(C(=O)O)c2)C1. The van der Waals surface area contributed by atoms with Crippen LogP contribution in [0.1, 0.15) is 36.0 Å². The molecule has 1 aliphatic carbocycles. The fourth-order valence-electron chi connectivity index (χ4n) is 2.50. The highest BCUT2D eigenvalue weighted by atomic mass is 19.1. The normalized spacial score (nSPS) is 23.1. The third-order valence-electron chi connectivity index (χ3n) is 3.53. The Morgan fingerprint density at radius 2 is 2.26 bits per heavy atom. The Morgan fingerprint density at radius 1 is 1.47 bits per heavy atom. The van der Waals surface area contributed by atoms with Gasteiger partial charge in [-0.3, -0.25) is 0 Å². The summed E-state index contributed by atoms with van der Waals surface area (Å²) in [6.45, 7) is 0. The number of ether oxygens (including phenoxy) is 1. The van der Waals surface area contributed by atoms with E-state index in [2.05, 4.69) is 5.32 Å². The maximum absolute atomic E-state index is 13.3. The molecule has 0 aromatic heterocycles. The quantitative estimate of drug-likeness (QED) is 0.880. The largest absolute Gasteiger partial charge is 0.478 e. The Morgan fingerprint density at radius 3 is 2.95 bits per heavy atom. The van der Waals surface area contributed by atoms with Crippen LogP contribution >= 0.6 is 0 Å². The van der Waals surface area contributed by atoms with Gasteiger partial charge in [0.15, 0.2) is 0 Å². The minimum absolute atomic E-state index is 0.241. The third-order valence-corrected chi connectivity index (χ3v) is 3.53. The van der Waals surface area contributed by atoms with Crippen LogP contribution in [-0.4, -0.2) is 30.3 Å². The molecule has 104 valence electrons. The molecule has 0 radical (unpaired) electrons. The number of nitrogens with one attached hydrogen (secondary N) is 1. The van der Waals surface area contributed by atoms with E-state index in [1.165, 1.54) is 12.1 Å². The summed E-state index contributed by atoms with van der Waals surface area (Å²) in [5.74, 6) is -1.96. The van der Waals surface area contributed by atoms with Crippen LogP contribution in [0.2, 0.25) is 0 Å². The van der Waals surface area contributed by atoms with Gasteiger partial charge in [-0.2, -0.15) is 0 Å². The van der Waals surface area contributed by atoms with Gasteiger partial charge in [-0.25, -0.2) is 9.18 Å². The molecule has 2 rings (SSSR count). The molecular formula is C14H18FNO3. The number of carboxylic acids is 1. The lowest BCUT2D eigenvalue weighted by Crippen LogP contribution is -2.31. The molecule has 2 N–H and O–H groups in total. The molecule has 0 aliphatic heterocycles. The van der Waals surface area contributed by atoms with Crippen molar-refractivity contribution >= 4 is 11.7 Å². The molecular weight excluding hydrogens is 249 g/mol. The Hall–Kier alpha value is -1.62. The minimum Gasteiger partial charge on any atom is -0.478 e. The molecule has 0 heterocycles. The van der Waals surface area contributed by atoms with Crippen LogP contribution in [0.15, 0.2) is 18.2 Å². The predicted octanol–water partition coefficient (Wildman–Crippen LogP) is 2.89. The van der Waals surface area contributed by atoms with Crippen molar-refractivity contribution in [2.24, 2.45) is 0 Å². The molecule has 0 spiro atoms. The second-order valence-corrected chi connectivity index (χ2v) is 4.87. The highest BCUT2D eigenvalue weighted by Crippen LogP contribution is 2.24.